The molecule has 0 spiro atoms. The Balaban J connectivity index is 1.95. The van der Waals surface area contributed by atoms with E-state index in [9.17, 15) is 4.39 Å². The van der Waals surface area contributed by atoms with Gasteiger partial charge in [-0.25, -0.2) is 4.39 Å². The van der Waals surface area contributed by atoms with Crippen molar-refractivity contribution in [3.05, 3.63) is 35.6 Å². The van der Waals surface area contributed by atoms with Crippen molar-refractivity contribution in [1.82, 2.24) is 5.32 Å². The fourth-order valence-electron chi connectivity index (χ4n) is 4.05. The standard InChI is InChI=1S/C17H23FN2O/c1-3-15(20-21-2)17-14(10-13-8-9-16(17)19-13)11-4-6-12(18)7-5-11/h4-7,13-14,16-17,19H,3,8-10H2,1-2H3/t13?,14-,16+,17-/m1/s1. The molecule has 2 fully saturated rings. The molecular formula is C17H23FN2O. The van der Waals surface area contributed by atoms with Gasteiger partial charge in [-0.1, -0.05) is 24.2 Å². The summed E-state index contributed by atoms with van der Waals surface area (Å²) in [5.41, 5.74) is 2.33. The van der Waals surface area contributed by atoms with Crippen molar-refractivity contribution in [2.45, 2.75) is 50.6 Å². The molecule has 3 rings (SSSR count). The minimum absolute atomic E-state index is 0.173. The van der Waals surface area contributed by atoms with Crippen LogP contribution < -0.4 is 5.32 Å². The van der Waals surface area contributed by atoms with Crippen LogP contribution in [-0.2, 0) is 4.84 Å². The molecule has 1 N–H and O–H groups in total. The molecule has 114 valence electrons. The third-order valence-corrected chi connectivity index (χ3v) is 4.94. The van der Waals surface area contributed by atoms with Crippen molar-refractivity contribution < 1.29 is 9.23 Å². The van der Waals surface area contributed by atoms with Gasteiger partial charge in [0.25, 0.3) is 0 Å². The summed E-state index contributed by atoms with van der Waals surface area (Å²) in [5, 5.41) is 7.99. The summed E-state index contributed by atoms with van der Waals surface area (Å²) in [4.78, 5) is 5.06. The molecule has 4 heteroatoms. The number of nitrogens with zero attached hydrogens (tertiary/aromatic N) is 1. The number of piperidine rings is 1. The minimum atomic E-state index is -0.173. The molecule has 1 aromatic rings. The number of benzene rings is 1. The Labute approximate surface area is 125 Å². The second-order valence-electron chi connectivity index (χ2n) is 6.09. The molecule has 0 amide bonds. The van der Waals surface area contributed by atoms with Gasteiger partial charge in [-0.2, -0.15) is 0 Å². The van der Waals surface area contributed by atoms with Gasteiger partial charge in [0.05, 0.1) is 5.71 Å². The van der Waals surface area contributed by atoms with E-state index in [4.69, 9.17) is 4.84 Å². The van der Waals surface area contributed by atoms with Crippen LogP contribution in [0, 0.1) is 11.7 Å². The summed E-state index contributed by atoms with van der Waals surface area (Å²) >= 11 is 0. The second-order valence-corrected chi connectivity index (χ2v) is 6.09. The molecule has 2 aliphatic heterocycles. The molecule has 0 radical (unpaired) electrons. The Kier molecular flexibility index (Phi) is 4.24. The lowest BCUT2D eigenvalue weighted by molar-refractivity contribution is 0.204. The van der Waals surface area contributed by atoms with E-state index in [1.807, 2.05) is 12.1 Å². The number of rotatable bonds is 4. The lowest BCUT2D eigenvalue weighted by atomic mass is 9.74. The largest absolute Gasteiger partial charge is 0.399 e. The van der Waals surface area contributed by atoms with E-state index in [0.29, 0.717) is 23.9 Å². The van der Waals surface area contributed by atoms with Crippen LogP contribution in [0.1, 0.15) is 44.1 Å². The van der Waals surface area contributed by atoms with Crippen molar-refractivity contribution in [2.24, 2.45) is 11.1 Å². The van der Waals surface area contributed by atoms with Gasteiger partial charge in [-0.3, -0.25) is 0 Å². The van der Waals surface area contributed by atoms with Gasteiger partial charge in [-0.05, 0) is 49.3 Å². The van der Waals surface area contributed by atoms with Crippen LogP contribution in [0.25, 0.3) is 0 Å². The highest BCUT2D eigenvalue weighted by Gasteiger charge is 2.44. The first-order chi connectivity index (χ1) is 10.2. The van der Waals surface area contributed by atoms with E-state index in [-0.39, 0.29) is 5.82 Å². The van der Waals surface area contributed by atoms with Crippen LogP contribution in [0.3, 0.4) is 0 Å². The molecule has 0 aromatic heterocycles. The monoisotopic (exact) mass is 290 g/mol. The molecular weight excluding hydrogens is 267 g/mol. The van der Waals surface area contributed by atoms with Gasteiger partial charge in [0.1, 0.15) is 12.9 Å². The highest BCUT2D eigenvalue weighted by molar-refractivity contribution is 5.88. The van der Waals surface area contributed by atoms with Gasteiger partial charge in [-0.15, -0.1) is 0 Å². The number of oxime groups is 1. The Morgan fingerprint density at radius 3 is 2.76 bits per heavy atom. The van der Waals surface area contributed by atoms with Crippen molar-refractivity contribution >= 4 is 5.71 Å². The fraction of sp³-hybridized carbons (Fsp3) is 0.588. The summed E-state index contributed by atoms with van der Waals surface area (Å²) < 4.78 is 13.2. The van der Waals surface area contributed by atoms with Crippen LogP contribution in [0.2, 0.25) is 0 Å². The SMILES string of the molecule is CCC(=NOC)[C@@H]1[C@@H]2CCC(C[C@@H]1c1ccc(F)cc1)N2. The quantitative estimate of drug-likeness (QED) is 0.680. The minimum Gasteiger partial charge on any atom is -0.399 e. The van der Waals surface area contributed by atoms with E-state index in [2.05, 4.69) is 17.4 Å². The van der Waals surface area contributed by atoms with Crippen LogP contribution in [0.15, 0.2) is 29.4 Å². The summed E-state index contributed by atoms with van der Waals surface area (Å²) in [6, 6.07) is 8.04. The zero-order valence-electron chi connectivity index (χ0n) is 12.7. The predicted molar refractivity (Wildman–Crippen MR) is 81.9 cm³/mol. The van der Waals surface area contributed by atoms with Crippen molar-refractivity contribution in [3.8, 4) is 0 Å². The fourth-order valence-corrected chi connectivity index (χ4v) is 4.05. The van der Waals surface area contributed by atoms with Crippen molar-refractivity contribution in [3.63, 3.8) is 0 Å². The van der Waals surface area contributed by atoms with Crippen LogP contribution >= 0.6 is 0 Å². The third-order valence-electron chi connectivity index (χ3n) is 4.94. The third kappa shape index (κ3) is 2.82. The average molecular weight is 290 g/mol. The van der Waals surface area contributed by atoms with E-state index < -0.39 is 0 Å². The maximum atomic E-state index is 13.2. The van der Waals surface area contributed by atoms with Gasteiger partial charge < -0.3 is 10.2 Å². The molecule has 2 aliphatic rings. The summed E-state index contributed by atoms with van der Waals surface area (Å²) in [5.74, 6) is 0.575. The van der Waals surface area contributed by atoms with Crippen LogP contribution in [-0.4, -0.2) is 24.9 Å². The maximum Gasteiger partial charge on any atom is 0.123 e. The van der Waals surface area contributed by atoms with Crippen LogP contribution in [0.5, 0.6) is 0 Å². The van der Waals surface area contributed by atoms with Crippen molar-refractivity contribution in [2.75, 3.05) is 7.11 Å². The Morgan fingerprint density at radius 1 is 1.33 bits per heavy atom. The topological polar surface area (TPSA) is 33.6 Å². The molecule has 0 saturated carbocycles. The van der Waals surface area contributed by atoms with Crippen LogP contribution in [0.4, 0.5) is 4.39 Å². The molecule has 0 aliphatic carbocycles. The zero-order chi connectivity index (χ0) is 14.8. The van der Waals surface area contributed by atoms with Gasteiger partial charge in [0.15, 0.2) is 0 Å². The molecule has 2 heterocycles. The van der Waals surface area contributed by atoms with E-state index >= 15 is 0 Å². The summed E-state index contributed by atoms with van der Waals surface area (Å²) in [7, 11) is 1.61. The Morgan fingerprint density at radius 2 is 2.10 bits per heavy atom. The van der Waals surface area contributed by atoms with Crippen molar-refractivity contribution in [1.29, 1.82) is 0 Å². The highest BCUT2D eigenvalue weighted by Crippen LogP contribution is 2.43. The number of nitrogens with one attached hydrogen (secondary N) is 1. The molecule has 21 heavy (non-hydrogen) atoms. The highest BCUT2D eigenvalue weighted by atomic mass is 19.1. The zero-order valence-corrected chi connectivity index (χ0v) is 12.7. The molecule has 1 unspecified atom stereocenters. The Bertz CT molecular complexity index is 514. The first kappa shape index (κ1) is 14.5. The molecule has 3 nitrogen and oxygen atoms in total. The number of hydrogen-bond acceptors (Lipinski definition) is 3. The van der Waals surface area contributed by atoms with Gasteiger partial charge in [0, 0.05) is 18.0 Å². The smallest absolute Gasteiger partial charge is 0.123 e. The normalized spacial score (nSPS) is 32.2. The number of hydrogen-bond donors (Lipinski definition) is 1. The summed E-state index contributed by atoms with van der Waals surface area (Å²) in [6.45, 7) is 2.13. The lowest BCUT2D eigenvalue weighted by Gasteiger charge is -2.38. The van der Waals surface area contributed by atoms with E-state index in [0.717, 1.165) is 18.6 Å². The molecule has 4 atom stereocenters. The molecule has 1 aromatic carbocycles. The first-order valence-corrected chi connectivity index (χ1v) is 7.84. The number of halogens is 1. The van der Waals surface area contributed by atoms with E-state index in [1.165, 1.54) is 18.4 Å². The summed E-state index contributed by atoms with van der Waals surface area (Å²) in [6.07, 6.45) is 4.40. The molecule has 2 bridgehead atoms. The first-order valence-electron chi connectivity index (χ1n) is 7.84. The lowest BCUT2D eigenvalue weighted by Crippen LogP contribution is -2.47. The number of fused-ring (bicyclic) bond motifs is 2. The van der Waals surface area contributed by atoms with Gasteiger partial charge >= 0.3 is 0 Å². The molecule has 2 saturated heterocycles. The second kappa shape index (κ2) is 6.14. The maximum absolute atomic E-state index is 13.2. The van der Waals surface area contributed by atoms with Gasteiger partial charge in [0.2, 0.25) is 0 Å². The average Bonchev–Trinajstić information content (AvgIpc) is 2.88. The van der Waals surface area contributed by atoms with E-state index in [1.54, 1.807) is 19.2 Å². The predicted octanol–water partition coefficient (Wildman–Crippen LogP) is 3.46. The Hall–Kier alpha value is -1.42.